The lowest BCUT2D eigenvalue weighted by Crippen LogP contribution is -2.46. The number of rotatable bonds is 4. The molecule has 1 aromatic carbocycles. The largest absolute Gasteiger partial charge is 0.395 e. The van der Waals surface area contributed by atoms with Crippen molar-refractivity contribution in [3.8, 4) is 0 Å². The Morgan fingerprint density at radius 1 is 1.05 bits per heavy atom. The standard InChI is InChI=1S/C16H20N2O3/c19-11-12-5-3-4-8-17(12)9-10-18-15(20)13-6-1-2-7-14(13)16(18)21/h1-2,6-7,12,19H,3-5,8-11H2. The summed E-state index contributed by atoms with van der Waals surface area (Å²) in [6, 6.07) is 7.12. The number of likely N-dealkylation sites (tertiary alicyclic amines) is 1. The number of aliphatic hydroxyl groups is 1. The molecule has 2 aliphatic heterocycles. The highest BCUT2D eigenvalue weighted by atomic mass is 16.3. The maximum atomic E-state index is 12.3. The van der Waals surface area contributed by atoms with Gasteiger partial charge in [-0.15, -0.1) is 0 Å². The van der Waals surface area contributed by atoms with Crippen LogP contribution in [0, 0.1) is 0 Å². The Kier molecular flexibility index (Phi) is 4.03. The third kappa shape index (κ3) is 2.59. The van der Waals surface area contributed by atoms with E-state index in [9.17, 15) is 14.7 Å². The summed E-state index contributed by atoms with van der Waals surface area (Å²) in [5.41, 5.74) is 1.000. The third-order valence-electron chi connectivity index (χ3n) is 4.45. The number of benzene rings is 1. The number of hydrogen-bond acceptors (Lipinski definition) is 4. The Morgan fingerprint density at radius 3 is 2.33 bits per heavy atom. The molecular formula is C16H20N2O3. The second-order valence-electron chi connectivity index (χ2n) is 5.68. The van der Waals surface area contributed by atoms with Gasteiger partial charge in [-0.1, -0.05) is 18.6 Å². The van der Waals surface area contributed by atoms with Crippen LogP contribution in [0.15, 0.2) is 24.3 Å². The van der Waals surface area contributed by atoms with Crippen LogP contribution in [0.3, 0.4) is 0 Å². The number of nitrogens with zero attached hydrogens (tertiary/aromatic N) is 2. The molecule has 5 nitrogen and oxygen atoms in total. The summed E-state index contributed by atoms with van der Waals surface area (Å²) >= 11 is 0. The van der Waals surface area contributed by atoms with Crippen LogP contribution in [-0.4, -0.2) is 59.0 Å². The van der Waals surface area contributed by atoms with Crippen molar-refractivity contribution in [3.63, 3.8) is 0 Å². The minimum absolute atomic E-state index is 0.141. The lowest BCUT2D eigenvalue weighted by molar-refractivity contribution is 0.0562. The van der Waals surface area contributed by atoms with Crippen molar-refractivity contribution in [2.24, 2.45) is 0 Å². The van der Waals surface area contributed by atoms with Gasteiger partial charge in [-0.05, 0) is 31.5 Å². The fourth-order valence-electron chi connectivity index (χ4n) is 3.23. The summed E-state index contributed by atoms with van der Waals surface area (Å²) in [7, 11) is 0. The van der Waals surface area contributed by atoms with Crippen molar-refractivity contribution in [2.45, 2.75) is 25.3 Å². The van der Waals surface area contributed by atoms with Gasteiger partial charge in [0.05, 0.1) is 17.7 Å². The number of carbonyl (C=O) groups excluding carboxylic acids is 2. The molecule has 0 aliphatic carbocycles. The van der Waals surface area contributed by atoms with Crippen molar-refractivity contribution in [1.29, 1.82) is 0 Å². The molecule has 1 saturated heterocycles. The Bertz CT molecular complexity index is 523. The number of aliphatic hydroxyl groups excluding tert-OH is 1. The molecule has 1 aromatic rings. The average Bonchev–Trinajstić information content (AvgIpc) is 2.78. The minimum atomic E-state index is -0.201. The van der Waals surface area contributed by atoms with Crippen molar-refractivity contribution < 1.29 is 14.7 Å². The number of piperidine rings is 1. The summed E-state index contributed by atoms with van der Waals surface area (Å²) < 4.78 is 0. The van der Waals surface area contributed by atoms with Crippen molar-refractivity contribution in [2.75, 3.05) is 26.2 Å². The van der Waals surface area contributed by atoms with Gasteiger partial charge >= 0.3 is 0 Å². The van der Waals surface area contributed by atoms with Gasteiger partial charge in [-0.3, -0.25) is 19.4 Å². The normalized spacial score (nSPS) is 22.7. The Balaban J connectivity index is 1.67. The fourth-order valence-corrected chi connectivity index (χ4v) is 3.23. The van der Waals surface area contributed by atoms with Crippen LogP contribution in [0.25, 0.3) is 0 Å². The topological polar surface area (TPSA) is 60.9 Å². The number of amides is 2. The molecule has 21 heavy (non-hydrogen) atoms. The Hall–Kier alpha value is -1.72. The van der Waals surface area contributed by atoms with Crippen molar-refractivity contribution in [3.05, 3.63) is 35.4 Å². The highest BCUT2D eigenvalue weighted by Gasteiger charge is 2.35. The predicted octanol–water partition coefficient (Wildman–Crippen LogP) is 1.13. The third-order valence-corrected chi connectivity index (χ3v) is 4.45. The van der Waals surface area contributed by atoms with Crippen LogP contribution >= 0.6 is 0 Å². The predicted molar refractivity (Wildman–Crippen MR) is 78.1 cm³/mol. The SMILES string of the molecule is O=C1c2ccccc2C(=O)N1CCN1CCCCC1CO. The van der Waals surface area contributed by atoms with Gasteiger partial charge in [-0.2, -0.15) is 0 Å². The van der Waals surface area contributed by atoms with Gasteiger partial charge < -0.3 is 5.11 Å². The summed E-state index contributed by atoms with van der Waals surface area (Å²) in [5, 5.41) is 9.41. The average molecular weight is 288 g/mol. The molecule has 0 radical (unpaired) electrons. The zero-order valence-corrected chi connectivity index (χ0v) is 12.0. The van der Waals surface area contributed by atoms with Crippen LogP contribution < -0.4 is 0 Å². The first-order valence-electron chi connectivity index (χ1n) is 7.52. The van der Waals surface area contributed by atoms with Gasteiger partial charge in [0.25, 0.3) is 11.8 Å². The van der Waals surface area contributed by atoms with Crippen LogP contribution in [0.2, 0.25) is 0 Å². The maximum absolute atomic E-state index is 12.3. The fraction of sp³-hybridized carbons (Fsp3) is 0.500. The van der Waals surface area contributed by atoms with E-state index < -0.39 is 0 Å². The first-order chi connectivity index (χ1) is 10.2. The van der Waals surface area contributed by atoms with Crippen LogP contribution in [0.1, 0.15) is 40.0 Å². The number of carbonyl (C=O) groups is 2. The molecule has 5 heteroatoms. The summed E-state index contributed by atoms with van der Waals surface area (Å²) in [6.45, 7) is 2.09. The molecule has 1 N–H and O–H groups in total. The van der Waals surface area contributed by atoms with Gasteiger partial charge in [-0.25, -0.2) is 0 Å². The molecule has 1 atom stereocenters. The van der Waals surface area contributed by atoms with Crippen LogP contribution in [0.4, 0.5) is 0 Å². The Morgan fingerprint density at radius 2 is 1.71 bits per heavy atom. The second kappa shape index (κ2) is 5.95. The van der Waals surface area contributed by atoms with E-state index in [1.807, 2.05) is 0 Å². The summed E-state index contributed by atoms with van der Waals surface area (Å²) in [4.78, 5) is 28.1. The van der Waals surface area contributed by atoms with E-state index in [1.165, 1.54) is 4.90 Å². The molecule has 2 heterocycles. The van der Waals surface area contributed by atoms with Gasteiger partial charge in [0.15, 0.2) is 0 Å². The molecule has 112 valence electrons. The van der Waals surface area contributed by atoms with E-state index in [-0.39, 0.29) is 24.5 Å². The van der Waals surface area contributed by atoms with Crippen molar-refractivity contribution in [1.82, 2.24) is 9.80 Å². The molecule has 3 rings (SSSR count). The lowest BCUT2D eigenvalue weighted by atomic mass is 10.0. The second-order valence-corrected chi connectivity index (χ2v) is 5.68. The first kappa shape index (κ1) is 14.2. The highest BCUT2D eigenvalue weighted by Crippen LogP contribution is 2.23. The zero-order chi connectivity index (χ0) is 14.8. The lowest BCUT2D eigenvalue weighted by Gasteiger charge is -2.35. The summed E-state index contributed by atoms with van der Waals surface area (Å²) in [5.74, 6) is -0.402. The molecule has 1 unspecified atom stereocenters. The molecule has 1 fully saturated rings. The molecule has 2 amide bonds. The number of hydrogen-bond donors (Lipinski definition) is 1. The van der Waals surface area contributed by atoms with Crippen LogP contribution in [0.5, 0.6) is 0 Å². The van der Waals surface area contributed by atoms with Gasteiger partial charge in [0.2, 0.25) is 0 Å². The molecular weight excluding hydrogens is 268 g/mol. The highest BCUT2D eigenvalue weighted by molar-refractivity contribution is 6.21. The molecule has 0 bridgehead atoms. The van der Waals surface area contributed by atoms with E-state index >= 15 is 0 Å². The molecule has 2 aliphatic rings. The maximum Gasteiger partial charge on any atom is 0.261 e. The zero-order valence-electron chi connectivity index (χ0n) is 12.0. The monoisotopic (exact) mass is 288 g/mol. The van der Waals surface area contributed by atoms with Gasteiger partial charge in [0, 0.05) is 19.1 Å². The van der Waals surface area contributed by atoms with E-state index in [2.05, 4.69) is 4.90 Å². The van der Waals surface area contributed by atoms with Crippen LogP contribution in [-0.2, 0) is 0 Å². The first-order valence-corrected chi connectivity index (χ1v) is 7.52. The van der Waals surface area contributed by atoms with E-state index in [4.69, 9.17) is 0 Å². The quantitative estimate of drug-likeness (QED) is 0.844. The number of imide groups is 1. The Labute approximate surface area is 124 Å². The molecule has 0 aromatic heterocycles. The van der Waals surface area contributed by atoms with E-state index in [1.54, 1.807) is 24.3 Å². The van der Waals surface area contributed by atoms with E-state index in [0.29, 0.717) is 24.2 Å². The van der Waals surface area contributed by atoms with E-state index in [0.717, 1.165) is 25.8 Å². The van der Waals surface area contributed by atoms with Crippen molar-refractivity contribution >= 4 is 11.8 Å². The number of fused-ring (bicyclic) bond motifs is 1. The minimum Gasteiger partial charge on any atom is -0.395 e. The smallest absolute Gasteiger partial charge is 0.261 e. The van der Waals surface area contributed by atoms with Gasteiger partial charge in [0.1, 0.15) is 0 Å². The molecule has 0 saturated carbocycles. The summed E-state index contributed by atoms with van der Waals surface area (Å²) in [6.07, 6.45) is 3.23. The molecule has 0 spiro atoms.